The number of nitrogens with one attached hydrogen (secondary N) is 1. The lowest BCUT2D eigenvalue weighted by atomic mass is 9.81. The van der Waals surface area contributed by atoms with Gasteiger partial charge < -0.3 is 10.2 Å². The summed E-state index contributed by atoms with van der Waals surface area (Å²) in [6, 6.07) is 4.29. The summed E-state index contributed by atoms with van der Waals surface area (Å²) in [5, 5.41) is 3.85. The fourth-order valence-electron chi connectivity index (χ4n) is 3.70. The summed E-state index contributed by atoms with van der Waals surface area (Å²) in [5.41, 5.74) is 2.85. The Morgan fingerprint density at radius 1 is 1.21 bits per heavy atom. The van der Waals surface area contributed by atoms with E-state index in [1.165, 1.54) is 44.2 Å². The molecule has 0 radical (unpaired) electrons. The lowest BCUT2D eigenvalue weighted by molar-refractivity contribution is 0.246. The Bertz CT molecular complexity index is 424. The molecule has 1 N–H and O–H groups in total. The van der Waals surface area contributed by atoms with Gasteiger partial charge in [0.1, 0.15) is 0 Å². The van der Waals surface area contributed by atoms with Crippen LogP contribution in [0.3, 0.4) is 0 Å². The molecule has 3 rings (SSSR count). The molecule has 0 atom stereocenters. The van der Waals surface area contributed by atoms with Crippen LogP contribution in [0.2, 0.25) is 0 Å². The number of aryl methyl sites for hydroxylation is 1. The second-order valence-electron chi connectivity index (χ2n) is 6.15. The molecule has 0 aromatic carbocycles. The summed E-state index contributed by atoms with van der Waals surface area (Å²) < 4.78 is 0. The van der Waals surface area contributed by atoms with Gasteiger partial charge in [0.05, 0.1) is 11.4 Å². The molecule has 1 aliphatic carbocycles. The Balaban J connectivity index is 1.83. The van der Waals surface area contributed by atoms with Crippen molar-refractivity contribution in [2.24, 2.45) is 0 Å². The van der Waals surface area contributed by atoms with E-state index in [0.29, 0.717) is 5.54 Å². The maximum absolute atomic E-state index is 4.46. The van der Waals surface area contributed by atoms with Crippen molar-refractivity contribution in [3.63, 3.8) is 0 Å². The maximum Gasteiger partial charge on any atom is 0.0605 e. The van der Waals surface area contributed by atoms with Crippen molar-refractivity contribution < 1.29 is 0 Å². The fourth-order valence-corrected chi connectivity index (χ4v) is 3.70. The Morgan fingerprint density at radius 3 is 2.84 bits per heavy atom. The molecule has 104 valence electrons. The molecule has 1 saturated carbocycles. The molecule has 1 aromatic rings. The highest BCUT2D eigenvalue weighted by atomic mass is 15.2. The summed E-state index contributed by atoms with van der Waals surface area (Å²) in [4.78, 5) is 7.02. The van der Waals surface area contributed by atoms with E-state index in [-0.39, 0.29) is 0 Å². The average Bonchev–Trinajstić information content (AvgIpc) is 2.63. The van der Waals surface area contributed by atoms with Crippen LogP contribution in [0.1, 0.15) is 44.2 Å². The fraction of sp³-hybridized carbons (Fsp3) is 0.688. The Kier molecular flexibility index (Phi) is 3.74. The first-order valence-electron chi connectivity index (χ1n) is 7.71. The summed E-state index contributed by atoms with van der Waals surface area (Å²) >= 11 is 0. The molecule has 2 heterocycles. The zero-order valence-electron chi connectivity index (χ0n) is 12.0. The zero-order valence-corrected chi connectivity index (χ0v) is 12.0. The van der Waals surface area contributed by atoms with E-state index >= 15 is 0 Å². The van der Waals surface area contributed by atoms with Crippen molar-refractivity contribution in [1.82, 2.24) is 10.3 Å². The molecule has 3 nitrogen and oxygen atoms in total. The number of pyridine rings is 1. The summed E-state index contributed by atoms with van der Waals surface area (Å²) in [6.07, 6.45) is 9.97. The van der Waals surface area contributed by atoms with Gasteiger partial charge in [-0.25, -0.2) is 0 Å². The van der Waals surface area contributed by atoms with Crippen LogP contribution >= 0.6 is 0 Å². The Labute approximate surface area is 116 Å². The summed E-state index contributed by atoms with van der Waals surface area (Å²) in [6.45, 7) is 5.60. The van der Waals surface area contributed by atoms with E-state index < -0.39 is 0 Å². The standard InChI is InChI=1S/C16H25N3/c1-14-15(7-5-10-17-14)19-12-6-11-18-16(13-19)8-3-2-4-9-16/h5,7,10,18H,2-4,6,8-9,11-13H2,1H3. The molecular weight excluding hydrogens is 234 g/mol. The summed E-state index contributed by atoms with van der Waals surface area (Å²) in [7, 11) is 0. The van der Waals surface area contributed by atoms with Crippen molar-refractivity contribution in [1.29, 1.82) is 0 Å². The number of rotatable bonds is 1. The second-order valence-corrected chi connectivity index (χ2v) is 6.15. The molecule has 2 aliphatic rings. The molecule has 3 heteroatoms. The normalized spacial score (nSPS) is 23.3. The van der Waals surface area contributed by atoms with E-state index in [9.17, 15) is 0 Å². The van der Waals surface area contributed by atoms with Crippen LogP contribution in [0.15, 0.2) is 18.3 Å². The Hall–Kier alpha value is -1.09. The maximum atomic E-state index is 4.46. The minimum atomic E-state index is 0.358. The van der Waals surface area contributed by atoms with Gasteiger partial charge in [-0.3, -0.25) is 4.98 Å². The third kappa shape index (κ3) is 2.76. The number of anilines is 1. The first kappa shape index (κ1) is 12.9. The second kappa shape index (κ2) is 5.49. The predicted octanol–water partition coefficient (Wildman–Crippen LogP) is 2.89. The molecule has 0 bridgehead atoms. The van der Waals surface area contributed by atoms with Crippen LogP contribution in [0.4, 0.5) is 5.69 Å². The molecule has 1 aliphatic heterocycles. The molecule has 1 aromatic heterocycles. The van der Waals surface area contributed by atoms with Crippen molar-refractivity contribution >= 4 is 5.69 Å². The molecule has 0 amide bonds. The summed E-state index contributed by atoms with van der Waals surface area (Å²) in [5.74, 6) is 0. The average molecular weight is 259 g/mol. The van der Waals surface area contributed by atoms with Crippen LogP contribution in [0, 0.1) is 6.92 Å². The van der Waals surface area contributed by atoms with Gasteiger partial charge in [0.2, 0.25) is 0 Å². The van der Waals surface area contributed by atoms with Gasteiger partial charge in [-0.05, 0) is 44.9 Å². The molecular formula is C16H25N3. The van der Waals surface area contributed by atoms with Crippen molar-refractivity contribution in [3.8, 4) is 0 Å². The zero-order chi connectivity index (χ0) is 13.1. The van der Waals surface area contributed by atoms with Crippen LogP contribution in [-0.4, -0.2) is 30.2 Å². The third-order valence-corrected chi connectivity index (χ3v) is 4.73. The van der Waals surface area contributed by atoms with E-state index in [0.717, 1.165) is 25.3 Å². The highest BCUT2D eigenvalue weighted by Crippen LogP contribution is 2.32. The minimum Gasteiger partial charge on any atom is -0.368 e. The van der Waals surface area contributed by atoms with Gasteiger partial charge >= 0.3 is 0 Å². The molecule has 19 heavy (non-hydrogen) atoms. The van der Waals surface area contributed by atoms with Gasteiger partial charge in [-0.1, -0.05) is 19.3 Å². The highest BCUT2D eigenvalue weighted by Gasteiger charge is 2.35. The van der Waals surface area contributed by atoms with Crippen molar-refractivity contribution in [2.75, 3.05) is 24.5 Å². The first-order valence-corrected chi connectivity index (χ1v) is 7.71. The van der Waals surface area contributed by atoms with Crippen LogP contribution < -0.4 is 10.2 Å². The van der Waals surface area contributed by atoms with E-state index in [2.05, 4.69) is 34.3 Å². The molecule has 1 spiro atoms. The number of hydrogen-bond donors (Lipinski definition) is 1. The number of hydrogen-bond acceptors (Lipinski definition) is 3. The van der Waals surface area contributed by atoms with Crippen LogP contribution in [-0.2, 0) is 0 Å². The smallest absolute Gasteiger partial charge is 0.0605 e. The van der Waals surface area contributed by atoms with Gasteiger partial charge in [0.15, 0.2) is 0 Å². The third-order valence-electron chi connectivity index (χ3n) is 4.73. The lowest BCUT2D eigenvalue weighted by Crippen LogP contribution is -2.52. The minimum absolute atomic E-state index is 0.358. The van der Waals surface area contributed by atoms with E-state index in [1.54, 1.807) is 0 Å². The Morgan fingerprint density at radius 2 is 2.05 bits per heavy atom. The predicted molar refractivity (Wildman–Crippen MR) is 79.6 cm³/mol. The molecule has 2 fully saturated rings. The van der Waals surface area contributed by atoms with Gasteiger partial charge in [-0.2, -0.15) is 0 Å². The lowest BCUT2D eigenvalue weighted by Gasteiger charge is -2.40. The largest absolute Gasteiger partial charge is 0.368 e. The highest BCUT2D eigenvalue weighted by molar-refractivity contribution is 5.50. The van der Waals surface area contributed by atoms with Gasteiger partial charge in [-0.15, -0.1) is 0 Å². The van der Waals surface area contributed by atoms with Gasteiger partial charge in [0.25, 0.3) is 0 Å². The topological polar surface area (TPSA) is 28.2 Å². The molecule has 1 saturated heterocycles. The van der Waals surface area contributed by atoms with E-state index in [1.807, 2.05) is 6.20 Å². The SMILES string of the molecule is Cc1ncccc1N1CCCNC2(CCCCC2)C1. The molecule has 0 unspecified atom stereocenters. The number of nitrogens with zero attached hydrogens (tertiary/aromatic N) is 2. The van der Waals surface area contributed by atoms with Crippen molar-refractivity contribution in [2.45, 2.75) is 51.0 Å². The quantitative estimate of drug-likeness (QED) is 0.840. The number of aromatic nitrogens is 1. The van der Waals surface area contributed by atoms with Crippen molar-refractivity contribution in [3.05, 3.63) is 24.0 Å². The van der Waals surface area contributed by atoms with E-state index in [4.69, 9.17) is 0 Å². The first-order chi connectivity index (χ1) is 9.29. The monoisotopic (exact) mass is 259 g/mol. The van der Waals surface area contributed by atoms with Gasteiger partial charge in [0, 0.05) is 24.8 Å². The van der Waals surface area contributed by atoms with Crippen LogP contribution in [0.5, 0.6) is 0 Å². The van der Waals surface area contributed by atoms with Crippen LogP contribution in [0.25, 0.3) is 0 Å².